The molecule has 0 fully saturated rings. The molecule has 0 N–H and O–H groups in total. The number of hydrogen-bond donors (Lipinski definition) is 0. The Labute approximate surface area is 78.2 Å². The van der Waals surface area contributed by atoms with Crippen LogP contribution in [0, 0.1) is 0 Å². The van der Waals surface area contributed by atoms with Gasteiger partial charge in [-0.05, 0) is 12.1 Å². The summed E-state index contributed by atoms with van der Waals surface area (Å²) in [5.74, 6) is -0.0482. The van der Waals surface area contributed by atoms with E-state index < -0.39 is 0 Å². The predicted molar refractivity (Wildman–Crippen MR) is 50.7 cm³/mol. The highest BCUT2D eigenvalue weighted by atomic mass is 16.1. The SMILES string of the molecule is CC(=O)c1ccc(C(C)(C)C)nn1. The van der Waals surface area contributed by atoms with Crippen LogP contribution in [0.1, 0.15) is 43.9 Å². The minimum absolute atomic E-state index is 0.0116. The molecular weight excluding hydrogens is 164 g/mol. The Hall–Kier alpha value is -1.25. The normalized spacial score (nSPS) is 11.4. The van der Waals surface area contributed by atoms with Gasteiger partial charge in [-0.2, -0.15) is 5.10 Å². The highest BCUT2D eigenvalue weighted by Crippen LogP contribution is 2.18. The summed E-state index contributed by atoms with van der Waals surface area (Å²) in [7, 11) is 0. The van der Waals surface area contributed by atoms with Crippen LogP contribution in [-0.2, 0) is 5.41 Å². The molecule has 1 aromatic heterocycles. The molecule has 1 heterocycles. The summed E-state index contributed by atoms with van der Waals surface area (Å²) in [4.78, 5) is 10.9. The zero-order valence-electron chi connectivity index (χ0n) is 8.46. The van der Waals surface area contributed by atoms with E-state index in [1.54, 1.807) is 6.07 Å². The van der Waals surface area contributed by atoms with Crippen molar-refractivity contribution in [2.24, 2.45) is 0 Å². The summed E-state index contributed by atoms with van der Waals surface area (Å²) in [6.45, 7) is 7.67. The van der Waals surface area contributed by atoms with Gasteiger partial charge in [0, 0.05) is 12.3 Å². The van der Waals surface area contributed by atoms with Crippen LogP contribution < -0.4 is 0 Å². The van der Waals surface area contributed by atoms with Crippen molar-refractivity contribution < 1.29 is 4.79 Å². The highest BCUT2D eigenvalue weighted by Gasteiger charge is 2.15. The van der Waals surface area contributed by atoms with E-state index in [1.807, 2.05) is 6.07 Å². The first-order chi connectivity index (χ1) is 5.91. The maximum atomic E-state index is 10.9. The molecular formula is C10H14N2O. The Morgan fingerprint density at radius 1 is 1.23 bits per heavy atom. The van der Waals surface area contributed by atoms with Crippen molar-refractivity contribution in [3.05, 3.63) is 23.5 Å². The van der Waals surface area contributed by atoms with Crippen molar-refractivity contribution in [3.8, 4) is 0 Å². The van der Waals surface area contributed by atoms with Gasteiger partial charge in [-0.1, -0.05) is 20.8 Å². The van der Waals surface area contributed by atoms with Gasteiger partial charge >= 0.3 is 0 Å². The lowest BCUT2D eigenvalue weighted by atomic mass is 9.92. The monoisotopic (exact) mass is 178 g/mol. The van der Waals surface area contributed by atoms with Crippen molar-refractivity contribution in [2.75, 3.05) is 0 Å². The molecule has 0 atom stereocenters. The summed E-state index contributed by atoms with van der Waals surface area (Å²) in [5, 5.41) is 7.85. The third kappa shape index (κ3) is 2.34. The molecule has 0 bridgehead atoms. The zero-order valence-corrected chi connectivity index (χ0v) is 8.46. The van der Waals surface area contributed by atoms with Crippen molar-refractivity contribution in [1.82, 2.24) is 10.2 Å². The molecule has 0 aliphatic heterocycles. The van der Waals surface area contributed by atoms with Crippen molar-refractivity contribution in [3.63, 3.8) is 0 Å². The fourth-order valence-electron chi connectivity index (χ4n) is 0.920. The van der Waals surface area contributed by atoms with Gasteiger partial charge < -0.3 is 0 Å². The fraction of sp³-hybridized carbons (Fsp3) is 0.500. The Morgan fingerprint density at radius 2 is 1.85 bits per heavy atom. The molecule has 3 heteroatoms. The van der Waals surface area contributed by atoms with Crippen molar-refractivity contribution in [2.45, 2.75) is 33.1 Å². The van der Waals surface area contributed by atoms with Crippen molar-refractivity contribution >= 4 is 5.78 Å². The second-order valence-corrected chi connectivity index (χ2v) is 4.11. The molecule has 70 valence electrons. The standard InChI is InChI=1S/C10H14N2O/c1-7(13)8-5-6-9(12-11-8)10(2,3)4/h5-6H,1-4H3. The van der Waals surface area contributed by atoms with E-state index in [1.165, 1.54) is 6.92 Å². The minimum atomic E-state index is -0.0482. The summed E-state index contributed by atoms with van der Waals surface area (Å²) in [5.41, 5.74) is 1.31. The zero-order chi connectivity index (χ0) is 10.1. The smallest absolute Gasteiger partial charge is 0.180 e. The predicted octanol–water partition coefficient (Wildman–Crippen LogP) is 1.98. The quantitative estimate of drug-likeness (QED) is 0.617. The van der Waals surface area contributed by atoms with Gasteiger partial charge in [-0.25, -0.2) is 0 Å². The molecule has 1 aromatic rings. The Kier molecular flexibility index (Phi) is 2.45. The first-order valence-electron chi connectivity index (χ1n) is 4.26. The van der Waals surface area contributed by atoms with E-state index >= 15 is 0 Å². The van der Waals surface area contributed by atoms with Crippen LogP contribution in [-0.4, -0.2) is 16.0 Å². The van der Waals surface area contributed by atoms with Crippen LogP contribution in [0.25, 0.3) is 0 Å². The largest absolute Gasteiger partial charge is 0.293 e. The number of hydrogen-bond acceptors (Lipinski definition) is 3. The van der Waals surface area contributed by atoms with Gasteiger partial charge in [-0.15, -0.1) is 5.10 Å². The first-order valence-corrected chi connectivity index (χ1v) is 4.26. The maximum Gasteiger partial charge on any atom is 0.180 e. The molecule has 0 radical (unpaired) electrons. The molecule has 0 amide bonds. The third-order valence-electron chi connectivity index (χ3n) is 1.79. The summed E-state index contributed by atoms with van der Waals surface area (Å²) >= 11 is 0. The van der Waals surface area contributed by atoms with Gasteiger partial charge in [0.25, 0.3) is 0 Å². The van der Waals surface area contributed by atoms with Crippen LogP contribution in [0.2, 0.25) is 0 Å². The minimum Gasteiger partial charge on any atom is -0.293 e. The van der Waals surface area contributed by atoms with E-state index in [0.29, 0.717) is 5.69 Å². The van der Waals surface area contributed by atoms with Gasteiger partial charge in [0.05, 0.1) is 5.69 Å². The Morgan fingerprint density at radius 3 is 2.15 bits per heavy atom. The third-order valence-corrected chi connectivity index (χ3v) is 1.79. The van der Waals surface area contributed by atoms with E-state index in [0.717, 1.165) is 5.69 Å². The number of nitrogens with zero attached hydrogens (tertiary/aromatic N) is 2. The van der Waals surface area contributed by atoms with Crippen LogP contribution in [0.3, 0.4) is 0 Å². The number of aromatic nitrogens is 2. The van der Waals surface area contributed by atoms with Crippen LogP contribution >= 0.6 is 0 Å². The number of Topliss-reactive ketones (excluding diaryl/α,β-unsaturated/α-hetero) is 1. The lowest BCUT2D eigenvalue weighted by molar-refractivity contribution is 0.101. The Bertz CT molecular complexity index is 309. The fourth-order valence-corrected chi connectivity index (χ4v) is 0.920. The average Bonchev–Trinajstić information content (AvgIpc) is 2.03. The number of carbonyl (C=O) groups excluding carboxylic acids is 1. The molecule has 0 aliphatic carbocycles. The molecule has 0 saturated heterocycles. The first kappa shape index (κ1) is 9.84. The van der Waals surface area contributed by atoms with E-state index in [4.69, 9.17) is 0 Å². The lowest BCUT2D eigenvalue weighted by Crippen LogP contribution is -2.15. The molecule has 13 heavy (non-hydrogen) atoms. The number of ketones is 1. The average molecular weight is 178 g/mol. The topological polar surface area (TPSA) is 42.9 Å². The van der Waals surface area contributed by atoms with Crippen LogP contribution in [0.15, 0.2) is 12.1 Å². The molecule has 3 nitrogen and oxygen atoms in total. The van der Waals surface area contributed by atoms with E-state index in [9.17, 15) is 4.79 Å². The van der Waals surface area contributed by atoms with Crippen LogP contribution in [0.5, 0.6) is 0 Å². The number of rotatable bonds is 1. The maximum absolute atomic E-state index is 10.9. The van der Waals surface area contributed by atoms with Gasteiger partial charge in [0.1, 0.15) is 5.69 Å². The van der Waals surface area contributed by atoms with Gasteiger partial charge in [0.15, 0.2) is 5.78 Å². The van der Waals surface area contributed by atoms with Gasteiger partial charge in [0.2, 0.25) is 0 Å². The molecule has 0 spiro atoms. The second kappa shape index (κ2) is 3.24. The summed E-state index contributed by atoms with van der Waals surface area (Å²) in [6, 6.07) is 3.57. The molecule has 0 unspecified atom stereocenters. The summed E-state index contributed by atoms with van der Waals surface area (Å²) < 4.78 is 0. The Balaban J connectivity index is 3.01. The highest BCUT2D eigenvalue weighted by molar-refractivity contribution is 5.91. The molecule has 0 saturated carbocycles. The number of carbonyl (C=O) groups is 1. The molecule has 1 rings (SSSR count). The van der Waals surface area contributed by atoms with E-state index in [2.05, 4.69) is 31.0 Å². The van der Waals surface area contributed by atoms with E-state index in [-0.39, 0.29) is 11.2 Å². The van der Waals surface area contributed by atoms with Crippen LogP contribution in [0.4, 0.5) is 0 Å². The van der Waals surface area contributed by atoms with Crippen molar-refractivity contribution in [1.29, 1.82) is 0 Å². The molecule has 0 aromatic carbocycles. The second-order valence-electron chi connectivity index (χ2n) is 4.11. The van der Waals surface area contributed by atoms with Gasteiger partial charge in [-0.3, -0.25) is 4.79 Å². The molecule has 0 aliphatic rings. The lowest BCUT2D eigenvalue weighted by Gasteiger charge is -2.16. The summed E-state index contributed by atoms with van der Waals surface area (Å²) in [6.07, 6.45) is 0.